The molecule has 1 aliphatic rings. The number of ether oxygens (including phenoxy) is 3. The van der Waals surface area contributed by atoms with Crippen LogP contribution in [0.4, 0.5) is 5.69 Å². The van der Waals surface area contributed by atoms with Crippen molar-refractivity contribution in [1.82, 2.24) is 4.90 Å². The molecule has 0 spiro atoms. The molecule has 3 rings (SSSR count). The summed E-state index contributed by atoms with van der Waals surface area (Å²) in [6.07, 6.45) is 1.64. The number of nitrogens with zero attached hydrogens (tertiary/aromatic N) is 2. The van der Waals surface area contributed by atoms with Crippen molar-refractivity contribution in [1.29, 1.82) is 0 Å². The van der Waals surface area contributed by atoms with Crippen molar-refractivity contribution in [2.75, 3.05) is 32.3 Å². The molecular formula is C22H21ClN2O5S. The first-order valence-corrected chi connectivity index (χ1v) is 10.2. The highest BCUT2D eigenvalue weighted by Crippen LogP contribution is 2.32. The summed E-state index contributed by atoms with van der Waals surface area (Å²) in [6, 6.07) is 12.0. The number of hydrogen-bond donors (Lipinski definition) is 0. The zero-order valence-electron chi connectivity index (χ0n) is 17.3. The number of halogens is 1. The van der Waals surface area contributed by atoms with Crippen LogP contribution in [0.3, 0.4) is 0 Å². The Balaban J connectivity index is 2.04. The molecule has 0 radical (unpaired) electrons. The van der Waals surface area contributed by atoms with Gasteiger partial charge in [0, 0.05) is 5.02 Å². The van der Waals surface area contributed by atoms with E-state index in [9.17, 15) is 9.59 Å². The number of carbonyl (C=O) groups excluding carboxylic acids is 2. The molecule has 162 valence electrons. The van der Waals surface area contributed by atoms with Gasteiger partial charge in [-0.25, -0.2) is 0 Å². The van der Waals surface area contributed by atoms with Gasteiger partial charge in [-0.05, 0) is 67.2 Å². The summed E-state index contributed by atoms with van der Waals surface area (Å²) < 4.78 is 15.7. The molecule has 1 amide bonds. The molecule has 7 nitrogen and oxygen atoms in total. The maximum atomic E-state index is 13.3. The van der Waals surface area contributed by atoms with Gasteiger partial charge in [0.15, 0.2) is 16.6 Å². The quantitative estimate of drug-likeness (QED) is 0.352. The summed E-state index contributed by atoms with van der Waals surface area (Å²) in [4.78, 5) is 28.1. The van der Waals surface area contributed by atoms with Crippen molar-refractivity contribution in [3.63, 3.8) is 0 Å². The molecule has 2 aromatic carbocycles. The molecule has 9 heteroatoms. The predicted molar refractivity (Wildman–Crippen MR) is 122 cm³/mol. The molecule has 0 saturated carbocycles. The van der Waals surface area contributed by atoms with Crippen molar-refractivity contribution in [3.8, 4) is 11.5 Å². The number of methoxy groups -OCH3 is 2. The van der Waals surface area contributed by atoms with Gasteiger partial charge < -0.3 is 19.1 Å². The van der Waals surface area contributed by atoms with Crippen molar-refractivity contribution in [3.05, 3.63) is 58.7 Å². The molecule has 0 unspecified atom stereocenters. The van der Waals surface area contributed by atoms with Crippen LogP contribution in [0.5, 0.6) is 11.5 Å². The molecular weight excluding hydrogens is 440 g/mol. The van der Waals surface area contributed by atoms with Gasteiger partial charge in [0.25, 0.3) is 5.91 Å². The molecule has 1 fully saturated rings. The molecule has 0 aliphatic carbocycles. The third-order valence-corrected chi connectivity index (χ3v) is 5.18. The lowest BCUT2D eigenvalue weighted by molar-refractivity contribution is -0.140. The highest BCUT2D eigenvalue weighted by atomic mass is 35.5. The van der Waals surface area contributed by atoms with Gasteiger partial charge in [0.2, 0.25) is 0 Å². The Hall–Kier alpha value is -3.10. The molecule has 1 saturated heterocycles. The van der Waals surface area contributed by atoms with E-state index in [1.54, 1.807) is 48.5 Å². The Morgan fingerprint density at radius 1 is 1.13 bits per heavy atom. The highest BCUT2D eigenvalue weighted by Gasteiger charge is 2.40. The van der Waals surface area contributed by atoms with Crippen LogP contribution in [-0.4, -0.2) is 49.3 Å². The van der Waals surface area contributed by atoms with Crippen molar-refractivity contribution in [2.24, 2.45) is 0 Å². The van der Waals surface area contributed by atoms with E-state index in [0.29, 0.717) is 34.4 Å². The summed E-state index contributed by atoms with van der Waals surface area (Å²) in [5, 5.41) is 0.701. The van der Waals surface area contributed by atoms with Crippen LogP contribution in [-0.2, 0) is 14.3 Å². The first kappa shape index (κ1) is 22.6. The Morgan fingerprint density at radius 2 is 1.84 bits per heavy atom. The smallest absolute Gasteiger partial charge is 0.325 e. The van der Waals surface area contributed by atoms with E-state index in [1.807, 2.05) is 6.92 Å². The van der Waals surface area contributed by atoms with E-state index in [2.05, 4.69) is 0 Å². The second-order valence-corrected chi connectivity index (χ2v) is 7.24. The van der Waals surface area contributed by atoms with Gasteiger partial charge >= 0.3 is 5.97 Å². The van der Waals surface area contributed by atoms with E-state index in [4.69, 9.17) is 38.0 Å². The Labute approximate surface area is 190 Å². The van der Waals surface area contributed by atoms with E-state index >= 15 is 0 Å². The summed E-state index contributed by atoms with van der Waals surface area (Å²) in [5.41, 5.74) is 1.46. The second-order valence-electron chi connectivity index (χ2n) is 6.43. The SMILES string of the molecule is CCOc1ccc(/C=C2/C(=O)N(c3ccc(Cl)cc3)C(=S)N2CC(=O)OC)cc1OC. The number of thiocarbonyl (C=S) groups is 1. The summed E-state index contributed by atoms with van der Waals surface area (Å²) in [7, 11) is 2.82. The number of benzene rings is 2. The number of anilines is 1. The van der Waals surface area contributed by atoms with E-state index in [-0.39, 0.29) is 23.3 Å². The minimum atomic E-state index is -0.525. The number of carbonyl (C=O) groups is 2. The lowest BCUT2D eigenvalue weighted by Crippen LogP contribution is -2.35. The highest BCUT2D eigenvalue weighted by molar-refractivity contribution is 7.80. The lowest BCUT2D eigenvalue weighted by Gasteiger charge is -2.19. The molecule has 1 aliphatic heterocycles. The molecule has 0 atom stereocenters. The maximum absolute atomic E-state index is 13.3. The second kappa shape index (κ2) is 9.80. The Kier molecular flexibility index (Phi) is 7.14. The van der Waals surface area contributed by atoms with Crippen LogP contribution in [0.15, 0.2) is 48.2 Å². The Bertz CT molecular complexity index is 1040. The van der Waals surface area contributed by atoms with Gasteiger partial charge in [-0.1, -0.05) is 17.7 Å². The minimum absolute atomic E-state index is 0.168. The molecule has 0 aromatic heterocycles. The average molecular weight is 461 g/mol. The Morgan fingerprint density at radius 3 is 2.45 bits per heavy atom. The standard InChI is InChI=1S/C22H21ClN2O5S/c1-4-30-18-10-5-14(12-19(18)28-2)11-17-21(27)25(16-8-6-15(23)7-9-16)22(31)24(17)13-20(26)29-3/h5-12H,4,13H2,1-3H3/b17-11-. The largest absolute Gasteiger partial charge is 0.493 e. The van der Waals surface area contributed by atoms with E-state index in [0.717, 1.165) is 0 Å². The van der Waals surface area contributed by atoms with Gasteiger partial charge in [-0.15, -0.1) is 0 Å². The molecule has 0 N–H and O–H groups in total. The lowest BCUT2D eigenvalue weighted by atomic mass is 10.1. The number of amides is 1. The molecule has 0 bridgehead atoms. The van der Waals surface area contributed by atoms with Crippen molar-refractivity contribution >= 4 is 52.6 Å². The zero-order chi connectivity index (χ0) is 22.5. The van der Waals surface area contributed by atoms with E-state index < -0.39 is 5.97 Å². The maximum Gasteiger partial charge on any atom is 0.325 e. The van der Waals surface area contributed by atoms with Crippen LogP contribution in [0, 0.1) is 0 Å². The zero-order valence-corrected chi connectivity index (χ0v) is 18.8. The first-order valence-electron chi connectivity index (χ1n) is 9.40. The normalized spacial score (nSPS) is 14.9. The topological polar surface area (TPSA) is 68.3 Å². The van der Waals surface area contributed by atoms with Gasteiger partial charge in [0.1, 0.15) is 12.2 Å². The van der Waals surface area contributed by atoms with Crippen molar-refractivity contribution in [2.45, 2.75) is 6.92 Å². The summed E-state index contributed by atoms with van der Waals surface area (Å²) in [6.45, 7) is 2.17. The third-order valence-electron chi connectivity index (χ3n) is 4.53. The fourth-order valence-electron chi connectivity index (χ4n) is 3.05. The van der Waals surface area contributed by atoms with Gasteiger partial charge in [-0.2, -0.15) is 0 Å². The first-order chi connectivity index (χ1) is 14.9. The number of esters is 1. The molecule has 1 heterocycles. The third kappa shape index (κ3) is 4.81. The monoisotopic (exact) mass is 460 g/mol. The van der Waals surface area contributed by atoms with Crippen molar-refractivity contribution < 1.29 is 23.8 Å². The summed E-state index contributed by atoms with van der Waals surface area (Å²) >= 11 is 11.5. The van der Waals surface area contributed by atoms with Crippen LogP contribution < -0.4 is 14.4 Å². The fourth-order valence-corrected chi connectivity index (χ4v) is 3.53. The van der Waals surface area contributed by atoms with Crippen LogP contribution in [0.25, 0.3) is 6.08 Å². The van der Waals surface area contributed by atoms with Gasteiger partial charge in [0.05, 0.1) is 26.5 Å². The average Bonchev–Trinajstić information content (AvgIpc) is 2.99. The molecule has 2 aromatic rings. The van der Waals surface area contributed by atoms with Crippen LogP contribution in [0.2, 0.25) is 5.02 Å². The number of rotatable bonds is 7. The number of hydrogen-bond acceptors (Lipinski definition) is 6. The summed E-state index contributed by atoms with van der Waals surface area (Å²) in [5.74, 6) is 0.222. The predicted octanol–water partition coefficient (Wildman–Crippen LogP) is 3.89. The van der Waals surface area contributed by atoms with Crippen LogP contribution >= 0.6 is 23.8 Å². The molecule has 31 heavy (non-hydrogen) atoms. The van der Waals surface area contributed by atoms with Crippen LogP contribution in [0.1, 0.15) is 12.5 Å². The van der Waals surface area contributed by atoms with E-state index in [1.165, 1.54) is 24.0 Å². The minimum Gasteiger partial charge on any atom is -0.493 e. The fraction of sp³-hybridized carbons (Fsp3) is 0.227. The van der Waals surface area contributed by atoms with Gasteiger partial charge in [-0.3, -0.25) is 14.5 Å².